The third kappa shape index (κ3) is 3.20. The van der Waals surface area contributed by atoms with E-state index in [0.29, 0.717) is 25.3 Å². The van der Waals surface area contributed by atoms with Crippen molar-refractivity contribution in [1.82, 2.24) is 14.9 Å². The minimum Gasteiger partial charge on any atom is -0.383 e. The third-order valence-electron chi connectivity index (χ3n) is 5.17. The number of nitrogens with two attached hydrogens (primary N) is 1. The van der Waals surface area contributed by atoms with Crippen LogP contribution in [-0.2, 0) is 17.8 Å². The SMILES string of the molecule is CN1CCC(O)(C#Cc2cccc(N3CCc4ncnc(N)c4C3)c2)C1=O. The molecule has 0 aliphatic carbocycles. The maximum absolute atomic E-state index is 12.1. The summed E-state index contributed by atoms with van der Waals surface area (Å²) >= 11 is 0. The number of nitrogens with zero attached hydrogens (tertiary/aromatic N) is 4. The van der Waals surface area contributed by atoms with Gasteiger partial charge >= 0.3 is 0 Å². The summed E-state index contributed by atoms with van der Waals surface area (Å²) in [6.45, 7) is 1.99. The van der Waals surface area contributed by atoms with E-state index < -0.39 is 5.60 Å². The van der Waals surface area contributed by atoms with Crippen molar-refractivity contribution in [3.05, 3.63) is 47.4 Å². The number of hydrogen-bond donors (Lipinski definition) is 2. The zero-order valence-corrected chi connectivity index (χ0v) is 15.1. The van der Waals surface area contributed by atoms with Gasteiger partial charge in [0.2, 0.25) is 5.60 Å². The molecule has 7 heteroatoms. The highest BCUT2D eigenvalue weighted by molar-refractivity contribution is 5.90. The maximum atomic E-state index is 12.1. The topological polar surface area (TPSA) is 95.6 Å². The summed E-state index contributed by atoms with van der Waals surface area (Å²) < 4.78 is 0. The van der Waals surface area contributed by atoms with Gasteiger partial charge in [-0.05, 0) is 18.2 Å². The highest BCUT2D eigenvalue weighted by Crippen LogP contribution is 2.26. The number of nitrogen functional groups attached to an aromatic ring is 1. The second-order valence-corrected chi connectivity index (χ2v) is 6.99. The monoisotopic (exact) mass is 363 g/mol. The molecule has 1 aromatic heterocycles. The number of hydrogen-bond acceptors (Lipinski definition) is 6. The van der Waals surface area contributed by atoms with Gasteiger partial charge in [0.05, 0.1) is 5.69 Å². The molecule has 27 heavy (non-hydrogen) atoms. The second-order valence-electron chi connectivity index (χ2n) is 6.99. The Bertz CT molecular complexity index is 964. The van der Waals surface area contributed by atoms with Crippen LogP contribution >= 0.6 is 0 Å². The van der Waals surface area contributed by atoms with E-state index >= 15 is 0 Å². The number of anilines is 2. The number of carbonyl (C=O) groups is 1. The Morgan fingerprint density at radius 2 is 2.15 bits per heavy atom. The Labute approximate surface area is 157 Å². The van der Waals surface area contributed by atoms with E-state index in [0.717, 1.165) is 35.5 Å². The summed E-state index contributed by atoms with van der Waals surface area (Å²) in [4.78, 5) is 24.2. The van der Waals surface area contributed by atoms with E-state index in [9.17, 15) is 9.90 Å². The molecule has 1 fully saturated rings. The van der Waals surface area contributed by atoms with Gasteiger partial charge in [0.25, 0.3) is 5.91 Å². The predicted molar refractivity (Wildman–Crippen MR) is 102 cm³/mol. The van der Waals surface area contributed by atoms with Gasteiger partial charge in [0, 0.05) is 56.3 Å². The standard InChI is InChI=1S/C20H21N5O2/c1-24-10-8-20(27,19(24)26)7-5-14-3-2-4-15(11-14)25-9-6-17-16(12-25)18(21)23-13-22-17/h2-4,11,13,27H,6,8-10,12H2,1H3,(H2,21,22,23). The van der Waals surface area contributed by atoms with Crippen molar-refractivity contribution in [2.24, 2.45) is 0 Å². The Balaban J connectivity index is 1.57. The number of likely N-dealkylation sites (N-methyl/N-ethyl adjacent to an activating group) is 1. The van der Waals surface area contributed by atoms with E-state index in [1.54, 1.807) is 7.05 Å². The van der Waals surface area contributed by atoms with Gasteiger partial charge in [0.1, 0.15) is 12.1 Å². The van der Waals surface area contributed by atoms with Gasteiger partial charge in [-0.1, -0.05) is 17.9 Å². The molecule has 2 aromatic rings. The molecule has 0 bridgehead atoms. The molecular formula is C20H21N5O2. The zero-order chi connectivity index (χ0) is 19.0. The molecule has 138 valence electrons. The van der Waals surface area contributed by atoms with Crippen molar-refractivity contribution in [1.29, 1.82) is 0 Å². The van der Waals surface area contributed by atoms with E-state index in [1.165, 1.54) is 11.2 Å². The van der Waals surface area contributed by atoms with E-state index in [2.05, 4.69) is 26.7 Å². The molecule has 7 nitrogen and oxygen atoms in total. The van der Waals surface area contributed by atoms with Crippen molar-refractivity contribution in [3.8, 4) is 11.8 Å². The number of carbonyl (C=O) groups excluding carboxylic acids is 1. The summed E-state index contributed by atoms with van der Waals surface area (Å²) in [5.74, 6) is 5.91. The van der Waals surface area contributed by atoms with E-state index in [-0.39, 0.29) is 5.91 Å². The van der Waals surface area contributed by atoms with Gasteiger partial charge in [-0.3, -0.25) is 4.79 Å². The summed E-state index contributed by atoms with van der Waals surface area (Å²) in [7, 11) is 1.67. The lowest BCUT2D eigenvalue weighted by Crippen LogP contribution is -2.37. The van der Waals surface area contributed by atoms with E-state index in [4.69, 9.17) is 5.73 Å². The number of aromatic nitrogens is 2. The smallest absolute Gasteiger partial charge is 0.267 e. The molecule has 1 atom stereocenters. The first-order valence-corrected chi connectivity index (χ1v) is 8.91. The van der Waals surface area contributed by atoms with Crippen molar-refractivity contribution >= 4 is 17.4 Å². The highest BCUT2D eigenvalue weighted by atomic mass is 16.3. The molecule has 1 aromatic carbocycles. The van der Waals surface area contributed by atoms with Gasteiger partial charge in [-0.15, -0.1) is 0 Å². The number of benzene rings is 1. The summed E-state index contributed by atoms with van der Waals surface area (Å²) in [5, 5.41) is 10.4. The van der Waals surface area contributed by atoms with Gasteiger partial charge in [-0.25, -0.2) is 9.97 Å². The Morgan fingerprint density at radius 1 is 1.30 bits per heavy atom. The molecule has 0 radical (unpaired) electrons. The number of aliphatic hydroxyl groups is 1. The molecular weight excluding hydrogens is 342 g/mol. The largest absolute Gasteiger partial charge is 0.383 e. The van der Waals surface area contributed by atoms with Crippen LogP contribution in [0.25, 0.3) is 0 Å². The lowest BCUT2D eigenvalue weighted by molar-refractivity contribution is -0.137. The molecule has 3 N–H and O–H groups in total. The van der Waals surface area contributed by atoms with Crippen LogP contribution in [0.5, 0.6) is 0 Å². The average Bonchev–Trinajstić information content (AvgIpc) is 2.95. The Morgan fingerprint density at radius 3 is 2.93 bits per heavy atom. The number of amides is 1. The third-order valence-corrected chi connectivity index (χ3v) is 5.17. The molecule has 4 rings (SSSR count). The van der Waals surface area contributed by atoms with Gasteiger partial charge in [0.15, 0.2) is 0 Å². The zero-order valence-electron chi connectivity index (χ0n) is 15.1. The fourth-order valence-electron chi connectivity index (χ4n) is 3.51. The van der Waals surface area contributed by atoms with Crippen molar-refractivity contribution in [3.63, 3.8) is 0 Å². The van der Waals surface area contributed by atoms with Crippen molar-refractivity contribution < 1.29 is 9.90 Å². The lowest BCUT2D eigenvalue weighted by Gasteiger charge is -2.30. The van der Waals surface area contributed by atoms with Crippen LogP contribution in [0.4, 0.5) is 11.5 Å². The number of likely N-dealkylation sites (tertiary alicyclic amines) is 1. The molecule has 1 amide bonds. The van der Waals surface area contributed by atoms with Crippen LogP contribution in [0.15, 0.2) is 30.6 Å². The predicted octanol–water partition coefficient (Wildman–Crippen LogP) is 0.566. The molecule has 2 aliphatic rings. The minimum atomic E-state index is -1.58. The van der Waals surface area contributed by atoms with Crippen LogP contribution in [-0.4, -0.2) is 51.6 Å². The Hall–Kier alpha value is -3.11. The van der Waals surface area contributed by atoms with Crippen LogP contribution in [0.2, 0.25) is 0 Å². The minimum absolute atomic E-state index is 0.331. The van der Waals surface area contributed by atoms with Gasteiger partial charge < -0.3 is 20.6 Å². The lowest BCUT2D eigenvalue weighted by atomic mass is 10.0. The second kappa shape index (κ2) is 6.56. The normalized spacial score (nSPS) is 21.6. The molecule has 0 spiro atoms. The van der Waals surface area contributed by atoms with Crippen molar-refractivity contribution in [2.45, 2.75) is 25.0 Å². The Kier molecular flexibility index (Phi) is 4.21. The first kappa shape index (κ1) is 17.3. The molecule has 3 heterocycles. The number of rotatable bonds is 1. The van der Waals surface area contributed by atoms with E-state index in [1.807, 2.05) is 24.3 Å². The fraction of sp³-hybridized carbons (Fsp3) is 0.350. The van der Waals surface area contributed by atoms with Crippen LogP contribution in [0, 0.1) is 11.8 Å². The maximum Gasteiger partial charge on any atom is 0.267 e. The van der Waals surface area contributed by atoms with Crippen molar-refractivity contribution in [2.75, 3.05) is 30.8 Å². The highest BCUT2D eigenvalue weighted by Gasteiger charge is 2.42. The fourth-order valence-corrected chi connectivity index (χ4v) is 3.51. The molecule has 0 saturated carbocycles. The summed E-state index contributed by atoms with van der Waals surface area (Å²) in [5.41, 5.74) is 8.16. The van der Waals surface area contributed by atoms with Crippen LogP contribution in [0.1, 0.15) is 23.2 Å². The average molecular weight is 363 g/mol. The van der Waals surface area contributed by atoms with Gasteiger partial charge in [-0.2, -0.15) is 0 Å². The first-order chi connectivity index (χ1) is 13.0. The summed E-state index contributed by atoms with van der Waals surface area (Å²) in [6, 6.07) is 7.77. The quantitative estimate of drug-likeness (QED) is 0.719. The molecule has 1 saturated heterocycles. The van der Waals surface area contributed by atoms with Crippen LogP contribution in [0.3, 0.4) is 0 Å². The number of fused-ring (bicyclic) bond motifs is 1. The molecule has 2 aliphatic heterocycles. The molecule has 1 unspecified atom stereocenters. The summed E-state index contributed by atoms with van der Waals surface area (Å²) in [6.07, 6.45) is 2.64. The first-order valence-electron chi connectivity index (χ1n) is 8.91. The van der Waals surface area contributed by atoms with Crippen LogP contribution < -0.4 is 10.6 Å².